The number of aliphatic hydroxyl groups excluding tert-OH is 2. The van der Waals surface area contributed by atoms with Crippen molar-refractivity contribution in [3.05, 3.63) is 76.4 Å². The van der Waals surface area contributed by atoms with Gasteiger partial charge < -0.3 is 54.7 Å². The number of aromatic nitrogens is 2. The fraction of sp³-hybridized carbons (Fsp3) is 0.556. The van der Waals surface area contributed by atoms with Gasteiger partial charge in [-0.25, -0.2) is 9.97 Å². The number of allylic oxidation sites excluding steroid dienone is 3. The normalized spacial score (nSPS) is 28.6. The Labute approximate surface area is 425 Å². The molecule has 2 fully saturated rings. The molecule has 73 heavy (non-hydrogen) atoms. The second-order valence-corrected chi connectivity index (χ2v) is 20.9. The maximum absolute atomic E-state index is 14.8. The number of likely N-dealkylation sites (tertiary alicyclic amines) is 1. The zero-order valence-electron chi connectivity index (χ0n) is 43.1. The van der Waals surface area contributed by atoms with E-state index in [0.29, 0.717) is 70.4 Å². The van der Waals surface area contributed by atoms with E-state index in [1.165, 1.54) is 13.2 Å². The van der Waals surface area contributed by atoms with Crippen molar-refractivity contribution in [1.82, 2.24) is 19.8 Å². The summed E-state index contributed by atoms with van der Waals surface area (Å²) >= 11 is 0. The number of esters is 1. The largest absolute Gasteiger partial charge is 0.507 e. The molecule has 6 aliphatic heterocycles. The summed E-state index contributed by atoms with van der Waals surface area (Å²) in [7, 11) is 0. The molecule has 0 saturated carbocycles. The molecule has 2 unspecified atom stereocenters. The van der Waals surface area contributed by atoms with Gasteiger partial charge in [0.2, 0.25) is 11.9 Å². The van der Waals surface area contributed by atoms with Gasteiger partial charge in [-0.2, -0.15) is 0 Å². The number of piperidine rings is 1. The van der Waals surface area contributed by atoms with Crippen LogP contribution in [0.5, 0.6) is 17.2 Å². The van der Waals surface area contributed by atoms with Gasteiger partial charge in [-0.3, -0.25) is 29.2 Å². The number of phenols is 2. The minimum absolute atomic E-state index is 0.0343. The Morgan fingerprint density at radius 1 is 0.918 bits per heavy atom. The minimum atomic E-state index is -1.95. The Morgan fingerprint density at radius 2 is 1.63 bits per heavy atom. The maximum atomic E-state index is 14.8. The number of rotatable bonds is 6. The summed E-state index contributed by atoms with van der Waals surface area (Å²) in [6, 6.07) is 1.74. The van der Waals surface area contributed by atoms with Crippen LogP contribution in [0.3, 0.4) is 0 Å². The third-order valence-electron chi connectivity index (χ3n) is 15.1. The van der Waals surface area contributed by atoms with E-state index in [9.17, 15) is 39.6 Å². The number of aliphatic hydroxyl groups is 2. The van der Waals surface area contributed by atoms with E-state index in [2.05, 4.69) is 34.0 Å². The fourth-order valence-corrected chi connectivity index (χ4v) is 10.6. The van der Waals surface area contributed by atoms with Gasteiger partial charge in [-0.1, -0.05) is 52.8 Å². The van der Waals surface area contributed by atoms with Gasteiger partial charge >= 0.3 is 11.8 Å². The quantitative estimate of drug-likeness (QED) is 0.127. The number of phenolic OH excluding ortho intramolecular Hbond substituents is 2. The number of fused-ring (bicyclic) bond motifs is 13. The number of carbonyl (C=O) groups excluding carboxylic acids is 4. The van der Waals surface area contributed by atoms with Crippen molar-refractivity contribution in [3.8, 4) is 17.2 Å². The van der Waals surface area contributed by atoms with Crippen molar-refractivity contribution in [2.75, 3.05) is 56.0 Å². The SMILES string of the molecule is C/C1=C/C=C/C(C)[C@H](O)[C@@H](C)C(O)[C@@H](C)[C@H](OC(=O)CC(=O)N2CCCN(c3ncccn3)CC2)CC/C=C/O[C@@]2(C)Oc3c(C)c(O)c4c(O)c(c5c(c4c3C2=O)=NC2(CCN(CC(C)C)CC2)N=5)NC1=O. The molecule has 9 rings (SSSR count). The van der Waals surface area contributed by atoms with Crippen molar-refractivity contribution in [2.45, 2.75) is 124 Å². The highest BCUT2D eigenvalue weighted by molar-refractivity contribution is 6.19. The number of anilines is 2. The van der Waals surface area contributed by atoms with Gasteiger partial charge in [-0.05, 0) is 51.2 Å². The lowest BCUT2D eigenvalue weighted by Gasteiger charge is -2.36. The molecule has 2 aromatic carbocycles. The summed E-state index contributed by atoms with van der Waals surface area (Å²) in [6.45, 7) is 18.3. The zero-order chi connectivity index (χ0) is 52.5. The molecule has 19 heteroatoms. The number of nitrogens with one attached hydrogen (secondary N) is 1. The molecule has 392 valence electrons. The van der Waals surface area contributed by atoms with Crippen LogP contribution in [0.1, 0.15) is 103 Å². The molecule has 6 aliphatic rings. The maximum Gasteiger partial charge on any atom is 0.315 e. The van der Waals surface area contributed by atoms with Crippen LogP contribution in [0.2, 0.25) is 0 Å². The minimum Gasteiger partial charge on any atom is -0.507 e. The molecule has 3 aromatic rings. The number of amides is 2. The van der Waals surface area contributed by atoms with Crippen molar-refractivity contribution in [3.63, 3.8) is 0 Å². The zero-order valence-corrected chi connectivity index (χ0v) is 43.1. The monoisotopic (exact) mass is 1010 g/mol. The van der Waals surface area contributed by atoms with E-state index in [1.54, 1.807) is 82.3 Å². The topological polar surface area (TPSA) is 249 Å². The molecule has 19 nitrogen and oxygen atoms in total. The van der Waals surface area contributed by atoms with Gasteiger partial charge in [0.15, 0.2) is 11.4 Å². The van der Waals surface area contributed by atoms with E-state index in [-0.39, 0.29) is 68.2 Å². The van der Waals surface area contributed by atoms with E-state index >= 15 is 0 Å². The molecule has 0 aliphatic carbocycles. The first kappa shape index (κ1) is 52.9. The second-order valence-electron chi connectivity index (χ2n) is 20.9. The number of ketones is 1. The van der Waals surface area contributed by atoms with Gasteiger partial charge in [0.05, 0.1) is 34.8 Å². The summed E-state index contributed by atoms with van der Waals surface area (Å²) in [4.78, 5) is 81.0. The Kier molecular flexibility index (Phi) is 15.6. The molecular weight excluding hydrogens is 937 g/mol. The molecule has 2 amide bonds. The van der Waals surface area contributed by atoms with E-state index < -0.39 is 83.3 Å². The molecule has 0 radical (unpaired) electrons. The van der Waals surface area contributed by atoms with Gasteiger partial charge in [0.25, 0.3) is 11.7 Å². The highest BCUT2D eigenvalue weighted by Crippen LogP contribution is 2.50. The smallest absolute Gasteiger partial charge is 0.315 e. The van der Waals surface area contributed by atoms with Crippen LogP contribution >= 0.6 is 0 Å². The lowest BCUT2D eigenvalue weighted by molar-refractivity contribution is -0.159. The van der Waals surface area contributed by atoms with Crippen molar-refractivity contribution < 1.29 is 53.8 Å². The van der Waals surface area contributed by atoms with Gasteiger partial charge in [0.1, 0.15) is 35.1 Å². The Hall–Kier alpha value is -6.44. The van der Waals surface area contributed by atoms with Crippen LogP contribution in [0.4, 0.5) is 11.6 Å². The number of ether oxygens (including phenoxy) is 3. The first-order valence-electron chi connectivity index (χ1n) is 25.6. The van der Waals surface area contributed by atoms with Crippen LogP contribution in [-0.2, 0) is 23.9 Å². The van der Waals surface area contributed by atoms with E-state index in [1.807, 2.05) is 4.90 Å². The first-order valence-corrected chi connectivity index (χ1v) is 25.6. The predicted molar refractivity (Wildman–Crippen MR) is 271 cm³/mol. The van der Waals surface area contributed by atoms with Crippen LogP contribution in [0, 0.1) is 30.6 Å². The van der Waals surface area contributed by atoms with Crippen molar-refractivity contribution in [2.24, 2.45) is 33.7 Å². The third-order valence-corrected chi connectivity index (χ3v) is 15.1. The first-order chi connectivity index (χ1) is 34.7. The van der Waals surface area contributed by atoms with Crippen LogP contribution < -0.4 is 25.7 Å². The van der Waals surface area contributed by atoms with Crippen molar-refractivity contribution >= 4 is 46.0 Å². The molecule has 1 aromatic heterocycles. The average molecular weight is 1010 g/mol. The predicted octanol–water partition coefficient (Wildman–Crippen LogP) is 4.78. The number of hydrogen-bond acceptors (Lipinski definition) is 17. The summed E-state index contributed by atoms with van der Waals surface area (Å²) in [6.07, 6.45) is 9.55. The second kappa shape index (κ2) is 21.6. The number of benzene rings is 2. The Morgan fingerprint density at radius 3 is 2.34 bits per heavy atom. The van der Waals surface area contributed by atoms with E-state index in [0.717, 1.165) is 6.54 Å². The molecule has 5 N–H and O–H groups in total. The molecule has 2 saturated heterocycles. The van der Waals surface area contributed by atoms with Gasteiger partial charge in [0, 0.05) is 112 Å². The number of Topliss-reactive ketones (excluding diaryl/α,β-unsaturated/α-hetero) is 1. The summed E-state index contributed by atoms with van der Waals surface area (Å²) in [5, 5.41) is 50.7. The van der Waals surface area contributed by atoms with E-state index in [4.69, 9.17) is 24.2 Å². The Bertz CT molecular complexity index is 2850. The molecular formula is C54H70N8O11. The van der Waals surface area contributed by atoms with Crippen LogP contribution in [0.25, 0.3) is 10.8 Å². The fourth-order valence-electron chi connectivity index (χ4n) is 10.6. The van der Waals surface area contributed by atoms with Crippen molar-refractivity contribution in [1.29, 1.82) is 0 Å². The van der Waals surface area contributed by atoms with Crippen LogP contribution in [-0.4, -0.2) is 139 Å². The lowest BCUT2D eigenvalue weighted by Crippen LogP contribution is -2.43. The molecule has 7 atom stereocenters. The summed E-state index contributed by atoms with van der Waals surface area (Å²) in [5.74, 6) is -6.08. The summed E-state index contributed by atoms with van der Waals surface area (Å²) < 4.78 is 18.4. The third kappa shape index (κ3) is 10.8. The molecule has 5 bridgehead atoms. The highest BCUT2D eigenvalue weighted by atomic mass is 16.7. The van der Waals surface area contributed by atoms with Gasteiger partial charge in [-0.15, -0.1) is 0 Å². The number of hydrogen-bond donors (Lipinski definition) is 5. The number of carbonyl (C=O) groups is 4. The lowest BCUT2D eigenvalue weighted by atomic mass is 9.81. The summed E-state index contributed by atoms with van der Waals surface area (Å²) in [5.41, 5.74) is -0.616. The molecule has 7 heterocycles. The average Bonchev–Trinajstić information content (AvgIpc) is 3.72. The van der Waals surface area contributed by atoms with Crippen LogP contribution in [0.15, 0.2) is 64.6 Å². The standard InChI is InChI=1S/C54H70N8O11/c1-30(2)29-60-23-17-54(18-24-60)58-42-39-40-47(67)35(7)49-41(39)50(69)53(8,73-49)71-27-10-9-16-36(72-38(64)28-37(63)61-21-13-22-62(26-25-61)52-55-19-12-20-56-52)33(5)46(66)34(6)45(65)31(3)14-11-15-32(4)51(70)57-44(48(40)68)43(42)59-54/h10-12,14-15,19-20,27,30-31,33-34,36,45-46,65-68H,9,13,16-18,21-26,28-29H2,1-8H3,(H,57,70)/b14-11+,27-10+,32-15-/t31?,33-,34+,36+,45-,46?,53-/m0/s1. The highest BCUT2D eigenvalue weighted by Gasteiger charge is 2.50. The molecule has 1 spiro atoms. The Balaban J connectivity index is 1.11. The number of nitrogens with zero attached hydrogens (tertiary/aromatic N) is 7. The number of aromatic hydroxyl groups is 2.